The van der Waals surface area contributed by atoms with Gasteiger partial charge in [0.2, 0.25) is 5.82 Å². The molecule has 0 atom stereocenters. The first-order valence-electron chi connectivity index (χ1n) is 10.3. The van der Waals surface area contributed by atoms with Crippen LogP contribution in [-0.4, -0.2) is 31.0 Å². The van der Waals surface area contributed by atoms with Crippen LogP contribution in [0.3, 0.4) is 0 Å². The maximum atomic E-state index is 12.2. The number of carbonyl (C=O) groups excluding carboxylic acids is 1. The van der Waals surface area contributed by atoms with Gasteiger partial charge in [-0.25, -0.2) is 22.9 Å². The number of benzene rings is 2. The number of carbonyl (C=O) groups is 1. The van der Waals surface area contributed by atoms with Gasteiger partial charge in [-0.2, -0.15) is 0 Å². The van der Waals surface area contributed by atoms with Crippen LogP contribution in [-0.2, 0) is 21.2 Å². The Morgan fingerprint density at radius 1 is 1.06 bits per heavy atom. The van der Waals surface area contributed by atoms with Crippen molar-refractivity contribution >= 4 is 33.3 Å². The van der Waals surface area contributed by atoms with Crippen LogP contribution < -0.4 is 10.0 Å². The van der Waals surface area contributed by atoms with Crippen molar-refractivity contribution in [2.75, 3.05) is 11.9 Å². The summed E-state index contributed by atoms with van der Waals surface area (Å²) in [5, 5.41) is 14.4. The van der Waals surface area contributed by atoms with E-state index >= 15 is 0 Å². The van der Waals surface area contributed by atoms with E-state index < -0.39 is 21.0 Å². The Labute approximate surface area is 197 Å². The van der Waals surface area contributed by atoms with Gasteiger partial charge in [0.15, 0.2) is 0 Å². The molecule has 0 spiro atoms. The zero-order chi connectivity index (χ0) is 24.9. The lowest BCUT2D eigenvalue weighted by Crippen LogP contribution is -2.31. The molecule has 0 aliphatic heterocycles. The van der Waals surface area contributed by atoms with E-state index in [1.165, 1.54) is 12.1 Å². The van der Waals surface area contributed by atoms with Crippen molar-refractivity contribution in [1.82, 2.24) is 9.71 Å². The number of rotatable bonds is 8. The van der Waals surface area contributed by atoms with Crippen molar-refractivity contribution in [3.8, 4) is 0 Å². The molecule has 11 heteroatoms. The largest absolute Gasteiger partial charge is 0.448 e. The van der Waals surface area contributed by atoms with Crippen molar-refractivity contribution in [3.05, 3.63) is 87.1 Å². The molecule has 0 aliphatic rings. The molecular formula is C23H24N4O6S. The van der Waals surface area contributed by atoms with E-state index in [1.54, 1.807) is 56.3 Å². The second-order valence-electron chi connectivity index (χ2n) is 7.66. The maximum absolute atomic E-state index is 12.2. The average Bonchev–Trinajstić information content (AvgIpc) is 2.74. The number of hydrogen-bond donors (Lipinski definition) is 2. The Morgan fingerprint density at radius 2 is 1.71 bits per heavy atom. The summed E-state index contributed by atoms with van der Waals surface area (Å²) in [6.45, 7) is 5.20. The number of anilines is 2. The smallest absolute Gasteiger partial charge is 0.421 e. The Balaban J connectivity index is 1.55. The molecule has 10 nitrogen and oxygen atoms in total. The standard InChI is InChI=1S/C23H24N4O6S/c1-15-4-10-20(11-5-15)34(31,32)26-23(28)33-13-12-18-6-8-19(9-7-18)25-22-21(27(29)30)16(2)14-17(3)24-22/h4-11,14H,12-13H2,1-3H3,(H,24,25)(H,26,28). The van der Waals surface area contributed by atoms with Gasteiger partial charge in [0.1, 0.15) is 0 Å². The van der Waals surface area contributed by atoms with Crippen LogP contribution in [0.1, 0.15) is 22.4 Å². The molecule has 0 unspecified atom stereocenters. The number of nitrogens with one attached hydrogen (secondary N) is 2. The van der Waals surface area contributed by atoms with Crippen molar-refractivity contribution in [3.63, 3.8) is 0 Å². The summed E-state index contributed by atoms with van der Waals surface area (Å²) in [7, 11) is -4.01. The van der Waals surface area contributed by atoms with Gasteiger partial charge in [0.25, 0.3) is 10.0 Å². The van der Waals surface area contributed by atoms with Crippen molar-refractivity contribution in [2.45, 2.75) is 32.1 Å². The van der Waals surface area contributed by atoms with E-state index in [4.69, 9.17) is 4.74 Å². The van der Waals surface area contributed by atoms with Crippen molar-refractivity contribution in [1.29, 1.82) is 0 Å². The average molecular weight is 485 g/mol. The van der Waals surface area contributed by atoms with Gasteiger partial charge in [-0.05, 0) is 56.7 Å². The summed E-state index contributed by atoms with van der Waals surface area (Å²) >= 11 is 0. The molecule has 0 bridgehead atoms. The minimum atomic E-state index is -4.01. The molecule has 34 heavy (non-hydrogen) atoms. The monoisotopic (exact) mass is 484 g/mol. The molecule has 2 N–H and O–H groups in total. The zero-order valence-electron chi connectivity index (χ0n) is 18.9. The highest BCUT2D eigenvalue weighted by molar-refractivity contribution is 7.90. The topological polar surface area (TPSA) is 141 Å². The van der Waals surface area contributed by atoms with Gasteiger partial charge in [-0.1, -0.05) is 29.8 Å². The fourth-order valence-electron chi connectivity index (χ4n) is 3.22. The van der Waals surface area contributed by atoms with Gasteiger partial charge in [0.05, 0.1) is 16.4 Å². The highest BCUT2D eigenvalue weighted by Crippen LogP contribution is 2.29. The fraction of sp³-hybridized carbons (Fsp3) is 0.217. The summed E-state index contributed by atoms with van der Waals surface area (Å²) in [6.07, 6.45) is -0.715. The maximum Gasteiger partial charge on any atom is 0.421 e. The fourth-order valence-corrected chi connectivity index (χ4v) is 4.11. The number of nitrogens with zero attached hydrogens (tertiary/aromatic N) is 2. The van der Waals surface area contributed by atoms with Crippen LogP contribution in [0, 0.1) is 30.9 Å². The molecule has 0 aliphatic carbocycles. The number of aromatic nitrogens is 1. The SMILES string of the molecule is Cc1ccc(S(=O)(=O)NC(=O)OCCc2ccc(Nc3nc(C)cc(C)c3[N+](=O)[O-])cc2)cc1. The van der Waals surface area contributed by atoms with E-state index in [0.717, 1.165) is 11.1 Å². The van der Waals surface area contributed by atoms with Gasteiger partial charge < -0.3 is 10.1 Å². The molecule has 3 rings (SSSR count). The van der Waals surface area contributed by atoms with E-state index in [0.29, 0.717) is 23.4 Å². The predicted octanol–water partition coefficient (Wildman–Crippen LogP) is 4.32. The molecular weight excluding hydrogens is 460 g/mol. The molecule has 0 radical (unpaired) electrons. The number of nitro groups is 1. The minimum absolute atomic E-state index is 0.0309. The van der Waals surface area contributed by atoms with Gasteiger partial charge in [-0.3, -0.25) is 10.1 Å². The van der Waals surface area contributed by atoms with E-state index in [9.17, 15) is 23.3 Å². The van der Waals surface area contributed by atoms with E-state index in [1.807, 2.05) is 11.6 Å². The first-order valence-corrected chi connectivity index (χ1v) is 11.8. The number of aryl methyl sites for hydroxylation is 3. The normalized spacial score (nSPS) is 11.0. The third-order valence-electron chi connectivity index (χ3n) is 4.88. The molecule has 178 valence electrons. The molecule has 3 aromatic rings. The van der Waals surface area contributed by atoms with Crippen LogP contribution in [0.15, 0.2) is 59.5 Å². The Hall–Kier alpha value is -3.99. The second kappa shape index (κ2) is 10.3. The number of sulfonamides is 1. The highest BCUT2D eigenvalue weighted by atomic mass is 32.2. The summed E-state index contributed by atoms with van der Waals surface area (Å²) in [4.78, 5) is 27.0. The molecule has 1 amide bonds. The predicted molar refractivity (Wildman–Crippen MR) is 127 cm³/mol. The van der Waals surface area contributed by atoms with Crippen LogP contribution in [0.25, 0.3) is 0 Å². The third-order valence-corrected chi connectivity index (χ3v) is 6.21. The summed E-state index contributed by atoms with van der Waals surface area (Å²) in [6, 6.07) is 14.7. The molecule has 0 saturated carbocycles. The minimum Gasteiger partial charge on any atom is -0.448 e. The van der Waals surface area contributed by atoms with Gasteiger partial charge >= 0.3 is 11.8 Å². The first kappa shape index (κ1) is 24.6. The number of ether oxygens (including phenoxy) is 1. The Morgan fingerprint density at radius 3 is 2.32 bits per heavy atom. The number of amides is 1. The lowest BCUT2D eigenvalue weighted by Gasteiger charge is -2.10. The summed E-state index contributed by atoms with van der Waals surface area (Å²) in [5.41, 5.74) is 3.40. The molecule has 1 aromatic heterocycles. The highest BCUT2D eigenvalue weighted by Gasteiger charge is 2.20. The van der Waals surface area contributed by atoms with Gasteiger partial charge in [0, 0.05) is 23.4 Å². The lowest BCUT2D eigenvalue weighted by atomic mass is 10.1. The Bertz CT molecular complexity index is 1310. The van der Waals surface area contributed by atoms with Crippen LogP contribution in [0.2, 0.25) is 0 Å². The molecule has 2 aromatic carbocycles. The zero-order valence-corrected chi connectivity index (χ0v) is 19.7. The van der Waals surface area contributed by atoms with Crippen LogP contribution in [0.4, 0.5) is 22.0 Å². The molecule has 0 fully saturated rings. The van der Waals surface area contributed by atoms with Crippen LogP contribution in [0.5, 0.6) is 0 Å². The number of hydrogen-bond acceptors (Lipinski definition) is 8. The summed E-state index contributed by atoms with van der Waals surface area (Å²) in [5.74, 6) is 0.157. The van der Waals surface area contributed by atoms with Gasteiger partial charge in [-0.15, -0.1) is 0 Å². The number of pyridine rings is 1. The second-order valence-corrected chi connectivity index (χ2v) is 9.34. The molecule has 0 saturated heterocycles. The molecule has 1 heterocycles. The quantitative estimate of drug-likeness (QED) is 0.356. The Kier molecular flexibility index (Phi) is 7.47. The third kappa shape index (κ3) is 6.29. The summed E-state index contributed by atoms with van der Waals surface area (Å²) < 4.78 is 31.3. The lowest BCUT2D eigenvalue weighted by molar-refractivity contribution is -0.384. The van der Waals surface area contributed by atoms with Crippen LogP contribution >= 0.6 is 0 Å². The first-order chi connectivity index (χ1) is 16.0. The van der Waals surface area contributed by atoms with E-state index in [-0.39, 0.29) is 23.0 Å². The van der Waals surface area contributed by atoms with Crippen molar-refractivity contribution < 1.29 is 22.9 Å². The van der Waals surface area contributed by atoms with E-state index in [2.05, 4.69) is 10.3 Å². The van der Waals surface area contributed by atoms with Crippen molar-refractivity contribution in [2.24, 2.45) is 0 Å².